The van der Waals surface area contributed by atoms with Crippen molar-refractivity contribution in [2.75, 3.05) is 6.54 Å². The van der Waals surface area contributed by atoms with Crippen molar-refractivity contribution in [1.29, 1.82) is 0 Å². The summed E-state index contributed by atoms with van der Waals surface area (Å²) in [5, 5.41) is 8.73. The molecule has 1 heterocycles. The summed E-state index contributed by atoms with van der Waals surface area (Å²) in [6, 6.07) is 0. The summed E-state index contributed by atoms with van der Waals surface area (Å²) in [6.45, 7) is 0.414. The number of thiocarbonyl (C=S) groups is 1. The summed E-state index contributed by atoms with van der Waals surface area (Å²) in [4.78, 5) is 4.99. The van der Waals surface area contributed by atoms with Gasteiger partial charge in [0.05, 0.1) is 11.4 Å². The number of aliphatic hydroxyl groups excluding tert-OH is 1. The van der Waals surface area contributed by atoms with E-state index in [0.29, 0.717) is 11.4 Å². The number of aliphatic hydroxyl groups is 1. The average Bonchev–Trinajstić information content (AvgIpc) is 1.77. The highest BCUT2D eigenvalue weighted by atomic mass is 32.1. The van der Waals surface area contributed by atoms with Gasteiger partial charge in [-0.2, -0.15) is 5.48 Å². The van der Waals surface area contributed by atoms with E-state index >= 15 is 0 Å². The number of hydroxylamine groups is 1. The second kappa shape index (κ2) is 2.11. The molecule has 4 heteroatoms. The molecule has 0 aromatic heterocycles. The van der Waals surface area contributed by atoms with Crippen LogP contribution in [0.5, 0.6) is 0 Å². The van der Waals surface area contributed by atoms with Gasteiger partial charge in [-0.25, -0.2) is 0 Å². The van der Waals surface area contributed by atoms with Crippen LogP contribution < -0.4 is 5.48 Å². The van der Waals surface area contributed by atoms with Crippen molar-refractivity contribution in [3.8, 4) is 0 Å². The van der Waals surface area contributed by atoms with E-state index in [2.05, 4.69) is 22.5 Å². The molecule has 0 radical (unpaired) electrons. The van der Waals surface area contributed by atoms with Crippen LogP contribution in [0.15, 0.2) is 12.0 Å². The summed E-state index contributed by atoms with van der Waals surface area (Å²) in [6.07, 6.45) is 1.17. The molecular formula is C4H5NO2S. The van der Waals surface area contributed by atoms with Crippen LogP contribution in [0, 0.1) is 0 Å². The molecule has 0 fully saturated rings. The Balaban J connectivity index is 2.67. The van der Waals surface area contributed by atoms with Crippen molar-refractivity contribution in [3.63, 3.8) is 0 Å². The monoisotopic (exact) mass is 131 g/mol. The van der Waals surface area contributed by atoms with Crippen molar-refractivity contribution in [3.05, 3.63) is 12.0 Å². The van der Waals surface area contributed by atoms with Crippen molar-refractivity contribution < 1.29 is 9.94 Å². The lowest BCUT2D eigenvalue weighted by atomic mass is 10.4. The summed E-state index contributed by atoms with van der Waals surface area (Å²) in [5.74, 6) is 0.0405. The Morgan fingerprint density at radius 2 is 2.62 bits per heavy atom. The molecule has 0 amide bonds. The molecule has 2 N–H and O–H groups in total. The molecule has 0 bridgehead atoms. The zero-order chi connectivity index (χ0) is 5.98. The Labute approximate surface area is 51.9 Å². The first kappa shape index (κ1) is 5.53. The van der Waals surface area contributed by atoms with Crippen LogP contribution in [-0.4, -0.2) is 16.5 Å². The molecule has 0 aliphatic carbocycles. The van der Waals surface area contributed by atoms with Gasteiger partial charge in [0.25, 0.3) is 0 Å². The van der Waals surface area contributed by atoms with Gasteiger partial charge in [-0.05, 0) is 0 Å². The predicted molar refractivity (Wildman–Crippen MR) is 32.4 cm³/mol. The molecule has 0 atom stereocenters. The summed E-state index contributed by atoms with van der Waals surface area (Å²) < 4.78 is 0. The SMILES string of the molecule is OC1=CONCC1=S. The zero-order valence-corrected chi connectivity index (χ0v) is 4.86. The van der Waals surface area contributed by atoms with Crippen molar-refractivity contribution in [1.82, 2.24) is 5.48 Å². The van der Waals surface area contributed by atoms with E-state index in [1.807, 2.05) is 0 Å². The van der Waals surface area contributed by atoms with E-state index in [9.17, 15) is 0 Å². The first-order chi connectivity index (χ1) is 3.80. The minimum absolute atomic E-state index is 0.0405. The van der Waals surface area contributed by atoms with Gasteiger partial charge < -0.3 is 9.94 Å². The lowest BCUT2D eigenvalue weighted by Gasteiger charge is -2.09. The predicted octanol–water partition coefficient (Wildman–Crippen LogP) is 0.290. The number of hydrogen-bond donors (Lipinski definition) is 2. The van der Waals surface area contributed by atoms with Gasteiger partial charge in [-0.3, -0.25) is 0 Å². The van der Waals surface area contributed by atoms with Gasteiger partial charge in [0.15, 0.2) is 12.0 Å². The van der Waals surface area contributed by atoms with Gasteiger partial charge >= 0.3 is 0 Å². The first-order valence-electron chi connectivity index (χ1n) is 2.11. The molecule has 0 unspecified atom stereocenters. The van der Waals surface area contributed by atoms with Gasteiger partial charge in [0.1, 0.15) is 0 Å². The summed E-state index contributed by atoms with van der Waals surface area (Å²) in [5.41, 5.74) is 2.49. The molecule has 8 heavy (non-hydrogen) atoms. The molecule has 1 rings (SSSR count). The highest BCUT2D eigenvalue weighted by Gasteiger charge is 2.06. The number of nitrogens with one attached hydrogen (secondary N) is 1. The average molecular weight is 131 g/mol. The van der Waals surface area contributed by atoms with E-state index in [1.165, 1.54) is 6.26 Å². The van der Waals surface area contributed by atoms with E-state index in [1.54, 1.807) is 0 Å². The Kier molecular flexibility index (Phi) is 1.45. The Bertz CT molecular complexity index is 143. The van der Waals surface area contributed by atoms with Crippen LogP contribution in [0.4, 0.5) is 0 Å². The van der Waals surface area contributed by atoms with Gasteiger partial charge in [0.2, 0.25) is 0 Å². The minimum Gasteiger partial charge on any atom is -0.504 e. The third-order valence-corrected chi connectivity index (χ3v) is 1.13. The van der Waals surface area contributed by atoms with Crippen molar-refractivity contribution in [2.45, 2.75) is 0 Å². The highest BCUT2D eigenvalue weighted by molar-refractivity contribution is 7.80. The number of rotatable bonds is 0. The zero-order valence-electron chi connectivity index (χ0n) is 4.05. The smallest absolute Gasteiger partial charge is 0.168 e. The molecule has 0 spiro atoms. The van der Waals surface area contributed by atoms with Crippen molar-refractivity contribution in [2.24, 2.45) is 0 Å². The maximum absolute atomic E-state index is 8.73. The normalized spacial score (nSPS) is 19.5. The molecule has 0 aromatic carbocycles. The number of hydrogen-bond acceptors (Lipinski definition) is 4. The van der Waals surface area contributed by atoms with E-state index < -0.39 is 0 Å². The van der Waals surface area contributed by atoms with Crippen molar-refractivity contribution >= 4 is 17.1 Å². The Morgan fingerprint density at radius 3 is 3.00 bits per heavy atom. The Morgan fingerprint density at radius 1 is 1.88 bits per heavy atom. The van der Waals surface area contributed by atoms with Gasteiger partial charge in [0, 0.05) is 0 Å². The minimum atomic E-state index is 0.0405. The quantitative estimate of drug-likeness (QED) is 0.464. The van der Waals surface area contributed by atoms with Crippen LogP contribution in [0.25, 0.3) is 0 Å². The van der Waals surface area contributed by atoms with E-state index in [0.717, 1.165) is 0 Å². The molecule has 1 aliphatic rings. The molecule has 0 aromatic rings. The van der Waals surface area contributed by atoms with E-state index in [4.69, 9.17) is 5.11 Å². The maximum atomic E-state index is 8.73. The summed E-state index contributed by atoms with van der Waals surface area (Å²) >= 11 is 4.67. The third-order valence-electron chi connectivity index (χ3n) is 0.772. The van der Waals surface area contributed by atoms with Crippen LogP contribution in [-0.2, 0) is 4.84 Å². The fraction of sp³-hybridized carbons (Fsp3) is 0.250. The largest absolute Gasteiger partial charge is 0.504 e. The van der Waals surface area contributed by atoms with E-state index in [-0.39, 0.29) is 5.76 Å². The molecule has 0 saturated heterocycles. The Hall–Kier alpha value is -0.610. The molecule has 0 saturated carbocycles. The van der Waals surface area contributed by atoms with Crippen LogP contribution in [0.2, 0.25) is 0 Å². The summed E-state index contributed by atoms with van der Waals surface area (Å²) in [7, 11) is 0. The lowest BCUT2D eigenvalue weighted by molar-refractivity contribution is 0.132. The molecule has 3 nitrogen and oxygen atoms in total. The van der Waals surface area contributed by atoms with Crippen LogP contribution in [0.3, 0.4) is 0 Å². The van der Waals surface area contributed by atoms with Gasteiger partial charge in [-0.1, -0.05) is 12.2 Å². The maximum Gasteiger partial charge on any atom is 0.168 e. The first-order valence-corrected chi connectivity index (χ1v) is 2.52. The fourth-order valence-electron chi connectivity index (χ4n) is 0.361. The molecular weight excluding hydrogens is 126 g/mol. The van der Waals surface area contributed by atoms with Crippen LogP contribution >= 0.6 is 12.2 Å². The molecule has 1 aliphatic heterocycles. The second-order valence-electron chi connectivity index (χ2n) is 1.37. The highest BCUT2D eigenvalue weighted by Crippen LogP contribution is 1.96. The van der Waals surface area contributed by atoms with Gasteiger partial charge in [-0.15, -0.1) is 0 Å². The van der Waals surface area contributed by atoms with Crippen LogP contribution in [0.1, 0.15) is 0 Å². The standard InChI is InChI=1S/C4H5NO2S/c6-3-2-7-5-1-4(3)8/h2,5-6H,1H2. The third kappa shape index (κ3) is 0.962. The molecule has 44 valence electrons. The topological polar surface area (TPSA) is 41.5 Å². The second-order valence-corrected chi connectivity index (χ2v) is 1.86. The lowest BCUT2D eigenvalue weighted by Crippen LogP contribution is -2.26. The fourth-order valence-corrected chi connectivity index (χ4v) is 0.468.